The zero-order valence-electron chi connectivity index (χ0n) is 21.1. The van der Waals surface area contributed by atoms with E-state index in [2.05, 4.69) is 39.6 Å². The molecule has 5 rings (SSSR count). The van der Waals surface area contributed by atoms with Gasteiger partial charge in [0.2, 0.25) is 0 Å². The minimum Gasteiger partial charge on any atom is -0.364 e. The van der Waals surface area contributed by atoms with Crippen LogP contribution in [0.2, 0.25) is 0 Å². The molecule has 1 saturated heterocycles. The minimum atomic E-state index is -4.48. The molecule has 0 bridgehead atoms. The second-order valence-electron chi connectivity index (χ2n) is 10.3. The third-order valence-corrected chi connectivity index (χ3v) is 7.13. The topological polar surface area (TPSA) is 79.5 Å². The Morgan fingerprint density at radius 2 is 2.08 bits per heavy atom. The summed E-state index contributed by atoms with van der Waals surface area (Å²) in [4.78, 5) is 14.3. The number of carbonyl (C=O) groups is 1. The summed E-state index contributed by atoms with van der Waals surface area (Å²) in [6, 6.07) is 4.32. The minimum absolute atomic E-state index is 0.0392. The molecule has 4 heterocycles. The van der Waals surface area contributed by atoms with Gasteiger partial charge in [0.1, 0.15) is 17.7 Å². The molecule has 12 heteroatoms. The lowest BCUT2D eigenvalue weighted by molar-refractivity contribution is -0.127. The van der Waals surface area contributed by atoms with Crippen LogP contribution in [0.15, 0.2) is 30.6 Å². The first-order chi connectivity index (χ1) is 18.0. The molecule has 1 amide bonds. The molecule has 202 valence electrons. The van der Waals surface area contributed by atoms with Crippen molar-refractivity contribution in [3.63, 3.8) is 0 Å². The first-order valence-corrected chi connectivity index (χ1v) is 12.5. The van der Waals surface area contributed by atoms with Crippen LogP contribution in [0, 0.1) is 11.8 Å². The molecule has 8 nitrogen and oxygen atoms in total. The van der Waals surface area contributed by atoms with Crippen LogP contribution in [0.4, 0.5) is 23.4 Å². The van der Waals surface area contributed by atoms with Crippen LogP contribution < -0.4 is 10.6 Å². The van der Waals surface area contributed by atoms with Gasteiger partial charge in [-0.25, -0.2) is 8.91 Å². The van der Waals surface area contributed by atoms with E-state index in [0.717, 1.165) is 12.8 Å². The number of halogens is 4. The molecule has 2 aliphatic rings. The van der Waals surface area contributed by atoms with Crippen LogP contribution in [0.25, 0.3) is 5.52 Å². The van der Waals surface area contributed by atoms with Crippen LogP contribution >= 0.6 is 0 Å². The molecule has 2 fully saturated rings. The van der Waals surface area contributed by atoms with E-state index in [1.165, 1.54) is 16.8 Å². The number of anilines is 1. The number of hydrogen-bond acceptors (Lipinski definition) is 5. The lowest BCUT2D eigenvalue weighted by atomic mass is 10.0. The van der Waals surface area contributed by atoms with Crippen molar-refractivity contribution >= 4 is 17.2 Å². The predicted octanol–water partition coefficient (Wildman–Crippen LogP) is 3.38. The van der Waals surface area contributed by atoms with Gasteiger partial charge in [-0.05, 0) is 51.3 Å². The fourth-order valence-corrected chi connectivity index (χ4v) is 4.61. The molecular weight excluding hydrogens is 502 g/mol. The van der Waals surface area contributed by atoms with Crippen LogP contribution in [-0.2, 0) is 12.0 Å². The van der Waals surface area contributed by atoms with E-state index in [-0.39, 0.29) is 41.3 Å². The van der Waals surface area contributed by atoms with Gasteiger partial charge in [0.05, 0.1) is 41.8 Å². The number of hydrogen-bond donors (Lipinski definition) is 2. The van der Waals surface area contributed by atoms with Gasteiger partial charge in [-0.15, -0.1) is 0 Å². The maximum atomic E-state index is 14.6. The highest BCUT2D eigenvalue weighted by Gasteiger charge is 2.40. The summed E-state index contributed by atoms with van der Waals surface area (Å²) >= 11 is 0. The van der Waals surface area contributed by atoms with Crippen molar-refractivity contribution in [2.45, 2.75) is 56.5 Å². The van der Waals surface area contributed by atoms with Gasteiger partial charge >= 0.3 is 6.18 Å². The number of likely N-dealkylation sites (tertiary alicyclic amines) is 1. The number of aromatic nitrogens is 4. The molecule has 2 N–H and O–H groups in total. The average molecular weight is 532 g/mol. The van der Waals surface area contributed by atoms with Crippen LogP contribution in [0.1, 0.15) is 47.8 Å². The number of rotatable bonds is 6. The molecule has 3 aromatic heterocycles. The Labute approximate surface area is 217 Å². The van der Waals surface area contributed by atoms with Crippen molar-refractivity contribution in [1.82, 2.24) is 29.6 Å². The Kier molecular flexibility index (Phi) is 6.81. The quantitative estimate of drug-likeness (QED) is 0.377. The fourth-order valence-electron chi connectivity index (χ4n) is 4.61. The third kappa shape index (κ3) is 5.62. The smallest absolute Gasteiger partial charge is 0.364 e. The average Bonchev–Trinajstić information content (AvgIpc) is 3.26. The number of pyridine rings is 1. The second-order valence-corrected chi connectivity index (χ2v) is 10.3. The molecule has 1 saturated carbocycles. The Morgan fingerprint density at radius 1 is 1.29 bits per heavy atom. The number of nitrogens with one attached hydrogen (secondary N) is 2. The van der Waals surface area contributed by atoms with Crippen molar-refractivity contribution in [3.05, 3.63) is 47.4 Å². The van der Waals surface area contributed by atoms with E-state index in [4.69, 9.17) is 0 Å². The lowest BCUT2D eigenvalue weighted by Crippen LogP contribution is -2.46. The molecule has 1 aliphatic carbocycles. The molecule has 0 radical (unpaired) electrons. The highest BCUT2D eigenvalue weighted by atomic mass is 19.4. The number of fused-ring (bicyclic) bond motifs is 1. The summed E-state index contributed by atoms with van der Waals surface area (Å²) in [5.74, 6) is 5.43. The molecule has 2 atom stereocenters. The van der Waals surface area contributed by atoms with Gasteiger partial charge in [-0.2, -0.15) is 23.4 Å². The Bertz CT molecular complexity index is 1400. The monoisotopic (exact) mass is 531 g/mol. The molecule has 1 aliphatic heterocycles. The highest BCUT2D eigenvalue weighted by molar-refractivity contribution is 5.93. The Hall–Kier alpha value is -3.59. The van der Waals surface area contributed by atoms with Crippen LogP contribution in [-0.4, -0.2) is 75.3 Å². The molecule has 0 spiro atoms. The van der Waals surface area contributed by atoms with Gasteiger partial charge in [0.25, 0.3) is 5.91 Å². The third-order valence-electron chi connectivity index (χ3n) is 7.13. The molecule has 0 aromatic carbocycles. The molecule has 38 heavy (non-hydrogen) atoms. The van der Waals surface area contributed by atoms with Crippen molar-refractivity contribution < 1.29 is 22.4 Å². The zero-order valence-corrected chi connectivity index (χ0v) is 21.1. The Morgan fingerprint density at radius 3 is 2.79 bits per heavy atom. The SMILES string of the molecule is CN1CC[C@@H](Nc2cccc3c(CC(F)(F)F)c(C#CCNC(=O)c4cnn(C5(C)CC5)c4)nn23)[C@@H](F)C1. The summed E-state index contributed by atoms with van der Waals surface area (Å²) in [6.45, 7) is 2.96. The van der Waals surface area contributed by atoms with E-state index in [9.17, 15) is 22.4 Å². The van der Waals surface area contributed by atoms with E-state index >= 15 is 0 Å². The maximum absolute atomic E-state index is 14.6. The summed E-state index contributed by atoms with van der Waals surface area (Å²) in [6.07, 6.45) is -1.10. The maximum Gasteiger partial charge on any atom is 0.393 e. The van der Waals surface area contributed by atoms with E-state index in [0.29, 0.717) is 24.3 Å². The lowest BCUT2D eigenvalue weighted by Gasteiger charge is -2.33. The number of amides is 1. The van der Waals surface area contributed by atoms with Crippen molar-refractivity contribution in [2.75, 3.05) is 32.0 Å². The molecule has 3 aromatic rings. The normalized spacial score (nSPS) is 21.1. The summed E-state index contributed by atoms with van der Waals surface area (Å²) < 4.78 is 58.0. The van der Waals surface area contributed by atoms with Gasteiger partial charge in [0, 0.05) is 24.8 Å². The summed E-state index contributed by atoms with van der Waals surface area (Å²) in [5, 5.41) is 14.3. The fraction of sp³-hybridized carbons (Fsp3) is 0.500. The number of carbonyl (C=O) groups excluding carboxylic acids is 1. The first-order valence-electron chi connectivity index (χ1n) is 12.5. The van der Waals surface area contributed by atoms with Gasteiger partial charge in [-0.1, -0.05) is 12.0 Å². The van der Waals surface area contributed by atoms with Crippen LogP contribution in [0.5, 0.6) is 0 Å². The van der Waals surface area contributed by atoms with Crippen molar-refractivity contribution in [2.24, 2.45) is 0 Å². The van der Waals surface area contributed by atoms with Gasteiger partial charge in [0.15, 0.2) is 0 Å². The zero-order chi connectivity index (χ0) is 27.1. The standard InChI is InChI=1S/C26H29F4N7O/c1-25(9-10-25)36-15-17(14-32-36)24(38)31-11-4-5-20-18(13-26(28,29)30)22-6-3-7-23(37(22)34-20)33-21-8-12-35(2)16-19(21)27/h3,6-7,14-15,19,21,33H,8-13,16H2,1-2H3,(H,31,38)/t19-,21+/m0/s1. The van der Waals surface area contributed by atoms with Crippen molar-refractivity contribution in [1.29, 1.82) is 0 Å². The summed E-state index contributed by atoms with van der Waals surface area (Å²) in [7, 11) is 1.84. The van der Waals surface area contributed by atoms with E-state index in [1.807, 2.05) is 11.9 Å². The summed E-state index contributed by atoms with van der Waals surface area (Å²) in [5.41, 5.74) is 0.480. The number of alkyl halides is 4. The van der Waals surface area contributed by atoms with Crippen LogP contribution in [0.3, 0.4) is 0 Å². The first kappa shape index (κ1) is 26.0. The molecule has 0 unspecified atom stereocenters. The number of piperidine rings is 1. The van der Waals surface area contributed by atoms with Gasteiger partial charge in [-0.3, -0.25) is 9.48 Å². The second kappa shape index (κ2) is 9.94. The van der Waals surface area contributed by atoms with Gasteiger partial charge < -0.3 is 15.5 Å². The Balaban J connectivity index is 1.35. The number of nitrogens with zero attached hydrogens (tertiary/aromatic N) is 5. The van der Waals surface area contributed by atoms with Crippen molar-refractivity contribution in [3.8, 4) is 11.8 Å². The largest absolute Gasteiger partial charge is 0.393 e. The van der Waals surface area contributed by atoms with E-state index in [1.54, 1.807) is 23.0 Å². The van der Waals surface area contributed by atoms with E-state index < -0.39 is 24.8 Å². The predicted molar refractivity (Wildman–Crippen MR) is 134 cm³/mol. The molecular formula is C26H29F4N7O. The highest BCUT2D eigenvalue weighted by Crippen LogP contribution is 2.42.